The molecule has 0 radical (unpaired) electrons. The molecule has 100 valence electrons. The average molecular weight is 277 g/mol. The SMILES string of the molecule is COC(=O)c1ccc(C#CCCSC(C)=O)c(N)c1. The molecule has 0 atom stereocenters. The molecular formula is C14H15NO3S. The Bertz CT molecular complexity index is 543. The molecule has 1 aromatic carbocycles. The van der Waals surface area contributed by atoms with Gasteiger partial charge < -0.3 is 10.5 Å². The second kappa shape index (κ2) is 7.49. The first-order chi connectivity index (χ1) is 9.04. The van der Waals surface area contributed by atoms with Crippen molar-refractivity contribution in [1.82, 2.24) is 0 Å². The molecule has 19 heavy (non-hydrogen) atoms. The summed E-state index contributed by atoms with van der Waals surface area (Å²) in [6.45, 7) is 1.53. The van der Waals surface area contributed by atoms with E-state index < -0.39 is 5.97 Å². The summed E-state index contributed by atoms with van der Waals surface area (Å²) in [7, 11) is 1.32. The maximum absolute atomic E-state index is 11.3. The normalized spacial score (nSPS) is 9.37. The quantitative estimate of drug-likeness (QED) is 0.396. The maximum Gasteiger partial charge on any atom is 0.337 e. The van der Waals surface area contributed by atoms with E-state index in [4.69, 9.17) is 5.73 Å². The lowest BCUT2D eigenvalue weighted by atomic mass is 10.1. The number of nitrogens with two attached hydrogens (primary N) is 1. The predicted molar refractivity (Wildman–Crippen MR) is 76.8 cm³/mol. The third-order valence-corrected chi connectivity index (χ3v) is 3.04. The Hall–Kier alpha value is -1.93. The Labute approximate surface area is 116 Å². The van der Waals surface area contributed by atoms with Crippen molar-refractivity contribution >= 4 is 28.5 Å². The summed E-state index contributed by atoms with van der Waals surface area (Å²) in [5, 5.41) is 0.0868. The molecule has 0 unspecified atom stereocenters. The highest BCUT2D eigenvalue weighted by Gasteiger charge is 2.06. The Morgan fingerprint density at radius 1 is 1.42 bits per heavy atom. The average Bonchev–Trinajstić information content (AvgIpc) is 2.38. The zero-order valence-corrected chi connectivity index (χ0v) is 11.7. The summed E-state index contributed by atoms with van der Waals surface area (Å²) in [6.07, 6.45) is 0.614. The van der Waals surface area contributed by atoms with Gasteiger partial charge in [-0.3, -0.25) is 4.79 Å². The van der Waals surface area contributed by atoms with Crippen LogP contribution >= 0.6 is 11.8 Å². The third kappa shape index (κ3) is 5.06. The van der Waals surface area contributed by atoms with Crippen LogP contribution in [0.3, 0.4) is 0 Å². The Balaban J connectivity index is 2.67. The van der Waals surface area contributed by atoms with Crippen molar-refractivity contribution in [2.75, 3.05) is 18.6 Å². The van der Waals surface area contributed by atoms with Gasteiger partial charge in [0.1, 0.15) is 0 Å². The number of rotatable bonds is 3. The molecule has 0 amide bonds. The second-order valence-electron chi connectivity index (χ2n) is 3.69. The molecule has 2 N–H and O–H groups in total. The van der Waals surface area contributed by atoms with Crippen LogP contribution in [-0.2, 0) is 9.53 Å². The van der Waals surface area contributed by atoms with Gasteiger partial charge in [0.2, 0.25) is 0 Å². The molecule has 5 heteroatoms. The topological polar surface area (TPSA) is 69.4 Å². The Kier molecular flexibility index (Phi) is 5.97. The monoisotopic (exact) mass is 277 g/mol. The van der Waals surface area contributed by atoms with E-state index in [0.29, 0.717) is 29.0 Å². The molecule has 0 aliphatic rings. The van der Waals surface area contributed by atoms with E-state index in [1.807, 2.05) is 0 Å². The van der Waals surface area contributed by atoms with Gasteiger partial charge in [0.05, 0.1) is 12.7 Å². The number of hydrogen-bond donors (Lipinski definition) is 1. The predicted octanol–water partition coefficient (Wildman–Crippen LogP) is 2.08. The maximum atomic E-state index is 11.3. The first-order valence-electron chi connectivity index (χ1n) is 5.64. The lowest BCUT2D eigenvalue weighted by Gasteiger charge is -2.02. The fourth-order valence-electron chi connectivity index (χ4n) is 1.32. The van der Waals surface area contributed by atoms with Crippen molar-refractivity contribution in [1.29, 1.82) is 0 Å². The minimum atomic E-state index is -0.427. The van der Waals surface area contributed by atoms with Gasteiger partial charge in [0.25, 0.3) is 0 Å². The molecule has 4 nitrogen and oxygen atoms in total. The minimum Gasteiger partial charge on any atom is -0.465 e. The van der Waals surface area contributed by atoms with Crippen LogP contribution in [0, 0.1) is 11.8 Å². The molecule has 0 aromatic heterocycles. The van der Waals surface area contributed by atoms with E-state index in [0.717, 1.165) is 0 Å². The van der Waals surface area contributed by atoms with Crippen molar-refractivity contribution in [3.05, 3.63) is 29.3 Å². The molecule has 0 saturated heterocycles. The van der Waals surface area contributed by atoms with E-state index in [9.17, 15) is 9.59 Å². The number of anilines is 1. The summed E-state index contributed by atoms with van der Waals surface area (Å²) in [6, 6.07) is 4.85. The van der Waals surface area contributed by atoms with E-state index in [1.165, 1.54) is 25.8 Å². The van der Waals surface area contributed by atoms with Gasteiger partial charge in [-0.25, -0.2) is 4.79 Å². The second-order valence-corrected chi connectivity index (χ2v) is 4.96. The number of ether oxygens (including phenoxy) is 1. The van der Waals surface area contributed by atoms with Gasteiger partial charge >= 0.3 is 5.97 Å². The van der Waals surface area contributed by atoms with Gasteiger partial charge in [-0.15, -0.1) is 0 Å². The number of carbonyl (C=O) groups is 2. The first kappa shape index (κ1) is 15.1. The van der Waals surface area contributed by atoms with Gasteiger partial charge in [-0.2, -0.15) is 0 Å². The fraction of sp³-hybridized carbons (Fsp3) is 0.286. The van der Waals surface area contributed by atoms with E-state index in [2.05, 4.69) is 16.6 Å². The van der Waals surface area contributed by atoms with Crippen molar-refractivity contribution < 1.29 is 14.3 Å². The number of thioether (sulfide) groups is 1. The highest BCUT2D eigenvalue weighted by atomic mass is 32.2. The van der Waals surface area contributed by atoms with E-state index in [1.54, 1.807) is 18.2 Å². The molecule has 0 spiro atoms. The summed E-state index contributed by atoms with van der Waals surface area (Å²) < 4.78 is 4.60. The zero-order chi connectivity index (χ0) is 14.3. The lowest BCUT2D eigenvalue weighted by molar-refractivity contribution is -0.109. The largest absolute Gasteiger partial charge is 0.465 e. The number of benzene rings is 1. The fourth-order valence-corrected chi connectivity index (χ4v) is 1.82. The molecule has 0 aliphatic carbocycles. The molecule has 0 saturated carbocycles. The molecule has 0 fully saturated rings. The van der Waals surface area contributed by atoms with Gasteiger partial charge in [0, 0.05) is 30.3 Å². The van der Waals surface area contributed by atoms with Crippen LogP contribution in [0.2, 0.25) is 0 Å². The summed E-state index contributed by atoms with van der Waals surface area (Å²) >= 11 is 1.25. The zero-order valence-electron chi connectivity index (χ0n) is 10.9. The van der Waals surface area contributed by atoms with Crippen LogP contribution in [0.1, 0.15) is 29.3 Å². The minimum absolute atomic E-state index is 0.0868. The standard InChI is InChI=1S/C14H15NO3S/c1-10(16)19-8-4-3-5-11-6-7-12(9-13(11)15)14(17)18-2/h6-7,9H,4,8,15H2,1-2H3. The number of nitrogen functional groups attached to an aromatic ring is 1. The van der Waals surface area contributed by atoms with Crippen LogP contribution < -0.4 is 5.73 Å². The summed E-state index contributed by atoms with van der Waals surface area (Å²) in [4.78, 5) is 22.0. The highest BCUT2D eigenvalue weighted by molar-refractivity contribution is 8.13. The first-order valence-corrected chi connectivity index (χ1v) is 6.63. The van der Waals surface area contributed by atoms with Gasteiger partial charge in [-0.05, 0) is 18.2 Å². The molecule has 1 aromatic rings. The molecule has 0 bridgehead atoms. The molecule has 0 heterocycles. The number of methoxy groups -OCH3 is 1. The van der Waals surface area contributed by atoms with Crippen LogP contribution in [0.5, 0.6) is 0 Å². The van der Waals surface area contributed by atoms with Gasteiger partial charge in [-0.1, -0.05) is 23.6 Å². The summed E-state index contributed by atoms with van der Waals surface area (Å²) in [5.41, 5.74) is 7.31. The van der Waals surface area contributed by atoms with Crippen LogP contribution in [0.25, 0.3) is 0 Å². The Morgan fingerprint density at radius 3 is 2.74 bits per heavy atom. The van der Waals surface area contributed by atoms with Crippen molar-refractivity contribution in [2.45, 2.75) is 13.3 Å². The smallest absolute Gasteiger partial charge is 0.337 e. The van der Waals surface area contributed by atoms with E-state index in [-0.39, 0.29) is 5.12 Å². The van der Waals surface area contributed by atoms with Crippen LogP contribution in [0.4, 0.5) is 5.69 Å². The third-order valence-electron chi connectivity index (χ3n) is 2.23. The van der Waals surface area contributed by atoms with Crippen LogP contribution in [-0.4, -0.2) is 23.9 Å². The Morgan fingerprint density at radius 2 is 2.16 bits per heavy atom. The van der Waals surface area contributed by atoms with Crippen LogP contribution in [0.15, 0.2) is 18.2 Å². The van der Waals surface area contributed by atoms with Crippen molar-refractivity contribution in [2.24, 2.45) is 0 Å². The molecule has 0 aliphatic heterocycles. The van der Waals surface area contributed by atoms with E-state index >= 15 is 0 Å². The number of hydrogen-bond acceptors (Lipinski definition) is 5. The number of carbonyl (C=O) groups excluding carboxylic acids is 2. The van der Waals surface area contributed by atoms with Crippen molar-refractivity contribution in [3.8, 4) is 11.8 Å². The van der Waals surface area contributed by atoms with Gasteiger partial charge in [0.15, 0.2) is 5.12 Å². The summed E-state index contributed by atoms with van der Waals surface area (Å²) in [5.74, 6) is 6.10. The molecule has 1 rings (SSSR count). The molecular weight excluding hydrogens is 262 g/mol. The van der Waals surface area contributed by atoms with Crippen molar-refractivity contribution in [3.63, 3.8) is 0 Å². The lowest BCUT2D eigenvalue weighted by Crippen LogP contribution is -2.02. The highest BCUT2D eigenvalue weighted by Crippen LogP contribution is 2.14. The number of esters is 1.